The first kappa shape index (κ1) is 11.5. The molecule has 0 fully saturated rings. The molecule has 2 nitrogen and oxygen atoms in total. The number of amides is 1. The van der Waals surface area contributed by atoms with Gasteiger partial charge in [-0.25, -0.2) is 0 Å². The number of carbonyl (C=O) groups excluding carboxylic acids is 1. The van der Waals surface area contributed by atoms with Gasteiger partial charge in [0, 0.05) is 12.5 Å². The lowest BCUT2D eigenvalue weighted by atomic mass is 9.93. The number of hydrogen-bond acceptors (Lipinski definition) is 1. The molecule has 0 saturated carbocycles. The molecule has 0 bridgehead atoms. The molecule has 72 valence electrons. The maximum Gasteiger partial charge on any atom is 0.223 e. The van der Waals surface area contributed by atoms with Crippen LogP contribution >= 0.6 is 0 Å². The van der Waals surface area contributed by atoms with E-state index in [2.05, 4.69) is 26.1 Å². The Balaban J connectivity index is 3.75. The van der Waals surface area contributed by atoms with Gasteiger partial charge in [-0.15, -0.1) is 0 Å². The second kappa shape index (κ2) is 6.04. The van der Waals surface area contributed by atoms with Crippen molar-refractivity contribution in [1.82, 2.24) is 5.32 Å². The van der Waals surface area contributed by atoms with Crippen LogP contribution in [0, 0.1) is 11.8 Å². The van der Waals surface area contributed by atoms with Crippen molar-refractivity contribution in [3.05, 3.63) is 0 Å². The van der Waals surface area contributed by atoms with Gasteiger partial charge in [-0.3, -0.25) is 4.79 Å². The molecule has 2 heteroatoms. The zero-order chi connectivity index (χ0) is 9.56. The molecule has 0 spiro atoms. The maximum absolute atomic E-state index is 11.4. The second-order valence-corrected chi connectivity index (χ2v) is 3.47. The van der Waals surface area contributed by atoms with Crippen LogP contribution in [0.1, 0.15) is 40.5 Å². The SMILES string of the molecule is CCCNC(=O)C(C)C(C)CC. The molecule has 0 aliphatic rings. The topological polar surface area (TPSA) is 29.1 Å². The summed E-state index contributed by atoms with van der Waals surface area (Å²) >= 11 is 0. The molecular formula is C10H21NO. The van der Waals surface area contributed by atoms with Crippen LogP contribution in [-0.4, -0.2) is 12.5 Å². The second-order valence-electron chi connectivity index (χ2n) is 3.47. The van der Waals surface area contributed by atoms with Crippen molar-refractivity contribution < 1.29 is 4.79 Å². The standard InChI is InChI=1S/C10H21NO/c1-5-7-11-10(12)9(4)8(3)6-2/h8-9H,5-7H2,1-4H3,(H,11,12). The third-order valence-electron chi connectivity index (χ3n) is 2.46. The lowest BCUT2D eigenvalue weighted by Gasteiger charge is -2.17. The summed E-state index contributed by atoms with van der Waals surface area (Å²) in [5.74, 6) is 0.842. The Morgan fingerprint density at radius 1 is 1.33 bits per heavy atom. The molecule has 0 aromatic heterocycles. The molecule has 2 atom stereocenters. The molecule has 1 N–H and O–H groups in total. The number of hydrogen-bond donors (Lipinski definition) is 1. The fraction of sp³-hybridized carbons (Fsp3) is 0.900. The Labute approximate surface area is 75.7 Å². The Hall–Kier alpha value is -0.530. The molecule has 12 heavy (non-hydrogen) atoms. The highest BCUT2D eigenvalue weighted by molar-refractivity contribution is 5.78. The fourth-order valence-electron chi connectivity index (χ4n) is 1.02. The first-order valence-electron chi connectivity index (χ1n) is 4.91. The first-order valence-corrected chi connectivity index (χ1v) is 4.91. The van der Waals surface area contributed by atoms with Gasteiger partial charge >= 0.3 is 0 Å². The van der Waals surface area contributed by atoms with Crippen molar-refractivity contribution in [2.24, 2.45) is 11.8 Å². The van der Waals surface area contributed by atoms with Crippen LogP contribution in [-0.2, 0) is 4.79 Å². The normalized spacial score (nSPS) is 15.3. The molecule has 2 unspecified atom stereocenters. The summed E-state index contributed by atoms with van der Waals surface area (Å²) in [5, 5.41) is 2.91. The molecular weight excluding hydrogens is 150 g/mol. The van der Waals surface area contributed by atoms with E-state index in [4.69, 9.17) is 0 Å². The Morgan fingerprint density at radius 3 is 2.33 bits per heavy atom. The van der Waals surface area contributed by atoms with Crippen LogP contribution in [0.3, 0.4) is 0 Å². The highest BCUT2D eigenvalue weighted by Gasteiger charge is 2.17. The number of rotatable bonds is 5. The largest absolute Gasteiger partial charge is 0.356 e. The van der Waals surface area contributed by atoms with Crippen LogP contribution < -0.4 is 5.32 Å². The molecule has 0 radical (unpaired) electrons. The summed E-state index contributed by atoms with van der Waals surface area (Å²) in [6, 6.07) is 0. The first-order chi connectivity index (χ1) is 5.63. The summed E-state index contributed by atoms with van der Waals surface area (Å²) < 4.78 is 0. The van der Waals surface area contributed by atoms with Gasteiger partial charge in [0.1, 0.15) is 0 Å². The minimum Gasteiger partial charge on any atom is -0.356 e. The van der Waals surface area contributed by atoms with Gasteiger partial charge < -0.3 is 5.32 Å². The highest BCUT2D eigenvalue weighted by Crippen LogP contribution is 2.13. The van der Waals surface area contributed by atoms with Crippen molar-refractivity contribution in [2.45, 2.75) is 40.5 Å². The molecule has 0 heterocycles. The average molecular weight is 171 g/mol. The summed E-state index contributed by atoms with van der Waals surface area (Å²) in [6.45, 7) is 9.11. The predicted octanol–water partition coefficient (Wildman–Crippen LogP) is 2.19. The van der Waals surface area contributed by atoms with Crippen LogP contribution in [0.25, 0.3) is 0 Å². The third-order valence-corrected chi connectivity index (χ3v) is 2.46. The summed E-state index contributed by atoms with van der Waals surface area (Å²) in [5.41, 5.74) is 0. The Kier molecular flexibility index (Phi) is 5.77. The van der Waals surface area contributed by atoms with Gasteiger partial charge in [-0.2, -0.15) is 0 Å². The smallest absolute Gasteiger partial charge is 0.223 e. The van der Waals surface area contributed by atoms with E-state index in [0.717, 1.165) is 19.4 Å². The Bertz CT molecular complexity index is 134. The molecule has 0 aromatic rings. The number of carbonyl (C=O) groups is 1. The molecule has 1 amide bonds. The highest BCUT2D eigenvalue weighted by atomic mass is 16.1. The van der Waals surface area contributed by atoms with E-state index in [1.165, 1.54) is 0 Å². The van der Waals surface area contributed by atoms with E-state index >= 15 is 0 Å². The average Bonchev–Trinajstić information content (AvgIpc) is 2.11. The lowest BCUT2D eigenvalue weighted by Crippen LogP contribution is -2.32. The summed E-state index contributed by atoms with van der Waals surface area (Å²) in [4.78, 5) is 11.4. The van der Waals surface area contributed by atoms with Crippen molar-refractivity contribution in [2.75, 3.05) is 6.54 Å². The van der Waals surface area contributed by atoms with Gasteiger partial charge in [0.2, 0.25) is 5.91 Å². The van der Waals surface area contributed by atoms with Crippen molar-refractivity contribution in [1.29, 1.82) is 0 Å². The zero-order valence-corrected chi connectivity index (χ0v) is 8.68. The van der Waals surface area contributed by atoms with Crippen molar-refractivity contribution in [3.8, 4) is 0 Å². The van der Waals surface area contributed by atoms with Crippen molar-refractivity contribution in [3.63, 3.8) is 0 Å². The van der Waals surface area contributed by atoms with E-state index < -0.39 is 0 Å². The van der Waals surface area contributed by atoms with Crippen LogP contribution in [0.5, 0.6) is 0 Å². The van der Waals surface area contributed by atoms with Crippen LogP contribution in [0.2, 0.25) is 0 Å². The van der Waals surface area contributed by atoms with Crippen molar-refractivity contribution >= 4 is 5.91 Å². The van der Waals surface area contributed by atoms with Gasteiger partial charge in [0.05, 0.1) is 0 Å². The molecule has 0 saturated heterocycles. The molecule has 0 aromatic carbocycles. The van der Waals surface area contributed by atoms with E-state index in [-0.39, 0.29) is 11.8 Å². The van der Waals surface area contributed by atoms with E-state index in [0.29, 0.717) is 5.92 Å². The molecule has 0 aliphatic heterocycles. The molecule has 0 aliphatic carbocycles. The number of nitrogens with one attached hydrogen (secondary N) is 1. The van der Waals surface area contributed by atoms with E-state index in [1.807, 2.05) is 6.92 Å². The summed E-state index contributed by atoms with van der Waals surface area (Å²) in [6.07, 6.45) is 2.08. The van der Waals surface area contributed by atoms with Gasteiger partial charge in [0.25, 0.3) is 0 Å². The van der Waals surface area contributed by atoms with E-state index in [1.54, 1.807) is 0 Å². The third kappa shape index (κ3) is 3.74. The monoisotopic (exact) mass is 171 g/mol. The van der Waals surface area contributed by atoms with E-state index in [9.17, 15) is 4.79 Å². The molecule has 0 rings (SSSR count). The van der Waals surface area contributed by atoms with Crippen LogP contribution in [0.4, 0.5) is 0 Å². The van der Waals surface area contributed by atoms with Gasteiger partial charge in [-0.05, 0) is 12.3 Å². The predicted molar refractivity (Wildman–Crippen MR) is 51.9 cm³/mol. The van der Waals surface area contributed by atoms with Crippen LogP contribution in [0.15, 0.2) is 0 Å². The lowest BCUT2D eigenvalue weighted by molar-refractivity contribution is -0.125. The summed E-state index contributed by atoms with van der Waals surface area (Å²) in [7, 11) is 0. The maximum atomic E-state index is 11.4. The van der Waals surface area contributed by atoms with Gasteiger partial charge in [0.15, 0.2) is 0 Å². The fourth-order valence-corrected chi connectivity index (χ4v) is 1.02. The quantitative estimate of drug-likeness (QED) is 0.675. The minimum absolute atomic E-state index is 0.154. The zero-order valence-electron chi connectivity index (χ0n) is 8.68. The van der Waals surface area contributed by atoms with Gasteiger partial charge in [-0.1, -0.05) is 34.1 Å². The Morgan fingerprint density at radius 2 is 1.92 bits per heavy atom. The minimum atomic E-state index is 0.154.